The largest absolute Gasteiger partial charge is 0.497 e. The van der Waals surface area contributed by atoms with Gasteiger partial charge in [0.1, 0.15) is 12.4 Å². The van der Waals surface area contributed by atoms with Gasteiger partial charge in [0.05, 0.1) is 19.2 Å². The fraction of sp³-hybridized carbons (Fsp3) is 0.206. The van der Waals surface area contributed by atoms with Crippen LogP contribution in [0.15, 0.2) is 109 Å². The Labute approximate surface area is 234 Å². The van der Waals surface area contributed by atoms with E-state index in [9.17, 15) is 4.79 Å². The van der Waals surface area contributed by atoms with Gasteiger partial charge in [0.25, 0.3) is 0 Å². The summed E-state index contributed by atoms with van der Waals surface area (Å²) in [5.74, 6) is 0.979. The number of para-hydroxylation sites is 1. The number of alkyl carbamates (subject to hydrolysis) is 1. The van der Waals surface area contributed by atoms with Crippen molar-refractivity contribution in [2.75, 3.05) is 12.4 Å². The Bertz CT molecular complexity index is 1580. The number of carbonyl (C=O) groups excluding carboxylic acids is 1. The van der Waals surface area contributed by atoms with Gasteiger partial charge in [0.15, 0.2) is 0 Å². The van der Waals surface area contributed by atoms with Crippen molar-refractivity contribution in [2.24, 2.45) is 0 Å². The number of rotatable bonds is 8. The van der Waals surface area contributed by atoms with Crippen LogP contribution in [0, 0.1) is 0 Å². The molecule has 0 saturated carbocycles. The van der Waals surface area contributed by atoms with E-state index >= 15 is 0 Å². The number of amides is 1. The molecule has 1 aromatic heterocycles. The molecule has 0 spiro atoms. The van der Waals surface area contributed by atoms with Crippen LogP contribution >= 0.6 is 0 Å². The van der Waals surface area contributed by atoms with Crippen molar-refractivity contribution >= 4 is 22.7 Å². The summed E-state index contributed by atoms with van der Waals surface area (Å²) in [5.41, 5.74) is 6.56. The second-order valence-corrected chi connectivity index (χ2v) is 10.3. The van der Waals surface area contributed by atoms with Crippen LogP contribution < -0.4 is 15.4 Å². The second kappa shape index (κ2) is 11.6. The predicted molar refractivity (Wildman–Crippen MR) is 159 cm³/mol. The molecule has 40 heavy (non-hydrogen) atoms. The highest BCUT2D eigenvalue weighted by Crippen LogP contribution is 2.46. The average Bonchev–Trinajstić information content (AvgIpc) is 3.44. The number of anilines is 1. The Morgan fingerprint density at radius 3 is 2.50 bits per heavy atom. The summed E-state index contributed by atoms with van der Waals surface area (Å²) in [7, 11) is 1.69. The van der Waals surface area contributed by atoms with Gasteiger partial charge in [-0.1, -0.05) is 78.9 Å². The maximum atomic E-state index is 13.2. The summed E-state index contributed by atoms with van der Waals surface area (Å²) in [6, 6.07) is 34.6. The first kappa shape index (κ1) is 25.6. The Morgan fingerprint density at radius 1 is 0.950 bits per heavy atom. The number of methoxy groups -OCH3 is 1. The van der Waals surface area contributed by atoms with Crippen molar-refractivity contribution in [3.63, 3.8) is 0 Å². The quantitative estimate of drug-likeness (QED) is 0.190. The Kier molecular flexibility index (Phi) is 7.40. The summed E-state index contributed by atoms with van der Waals surface area (Å²) in [5, 5.41) is 8.04. The zero-order chi connectivity index (χ0) is 27.3. The van der Waals surface area contributed by atoms with Crippen molar-refractivity contribution in [1.29, 1.82) is 0 Å². The molecule has 0 unspecified atom stereocenters. The first-order chi connectivity index (χ1) is 19.7. The molecule has 1 aliphatic rings. The Balaban J connectivity index is 1.32. The molecule has 1 amide bonds. The summed E-state index contributed by atoms with van der Waals surface area (Å²) in [6.45, 7) is 0.219. The van der Waals surface area contributed by atoms with Crippen molar-refractivity contribution in [2.45, 2.75) is 37.5 Å². The third kappa shape index (κ3) is 5.52. The van der Waals surface area contributed by atoms with Crippen LogP contribution in [-0.2, 0) is 11.3 Å². The summed E-state index contributed by atoms with van der Waals surface area (Å²) < 4.78 is 11.3. The van der Waals surface area contributed by atoms with E-state index in [0.717, 1.165) is 39.9 Å². The van der Waals surface area contributed by atoms with Crippen LogP contribution in [0.3, 0.4) is 0 Å². The van der Waals surface area contributed by atoms with E-state index in [4.69, 9.17) is 9.47 Å². The van der Waals surface area contributed by atoms with Crippen molar-refractivity contribution < 1.29 is 14.3 Å². The SMILES string of the molecule is COc1ccc2c(c1)[C@@H](C[C@@H](NC(=O)OCc1ccccc1)c1c[nH]c3ccccc13)C[C@@H](c1ccccc1)N2. The van der Waals surface area contributed by atoms with E-state index in [1.54, 1.807) is 7.11 Å². The molecule has 202 valence electrons. The highest BCUT2D eigenvalue weighted by atomic mass is 16.5. The first-order valence-electron chi connectivity index (χ1n) is 13.7. The van der Waals surface area contributed by atoms with Gasteiger partial charge in [-0.2, -0.15) is 0 Å². The van der Waals surface area contributed by atoms with Gasteiger partial charge in [-0.3, -0.25) is 0 Å². The molecular formula is C34H33N3O3. The van der Waals surface area contributed by atoms with E-state index in [2.05, 4.69) is 64.1 Å². The minimum Gasteiger partial charge on any atom is -0.497 e. The molecule has 0 aliphatic carbocycles. The Morgan fingerprint density at radius 2 is 1.70 bits per heavy atom. The van der Waals surface area contributed by atoms with Crippen LogP contribution in [0.4, 0.5) is 10.5 Å². The minimum atomic E-state index is -0.432. The number of aromatic nitrogens is 1. The molecule has 5 aromatic rings. The van der Waals surface area contributed by atoms with Crippen LogP contribution in [-0.4, -0.2) is 18.2 Å². The van der Waals surface area contributed by atoms with Gasteiger partial charge in [-0.25, -0.2) is 4.79 Å². The molecule has 4 aromatic carbocycles. The van der Waals surface area contributed by atoms with Gasteiger partial charge < -0.3 is 25.1 Å². The van der Waals surface area contributed by atoms with Gasteiger partial charge in [0.2, 0.25) is 0 Å². The lowest BCUT2D eigenvalue weighted by molar-refractivity contribution is 0.134. The van der Waals surface area contributed by atoms with E-state index in [1.165, 1.54) is 11.1 Å². The maximum Gasteiger partial charge on any atom is 0.407 e. The summed E-state index contributed by atoms with van der Waals surface area (Å²) >= 11 is 0. The number of nitrogens with one attached hydrogen (secondary N) is 3. The predicted octanol–water partition coefficient (Wildman–Crippen LogP) is 7.87. The van der Waals surface area contributed by atoms with Crippen LogP contribution in [0.2, 0.25) is 0 Å². The van der Waals surface area contributed by atoms with Crippen LogP contribution in [0.1, 0.15) is 53.1 Å². The van der Waals surface area contributed by atoms with Crippen molar-refractivity contribution in [3.8, 4) is 5.75 Å². The smallest absolute Gasteiger partial charge is 0.407 e. The monoisotopic (exact) mass is 531 g/mol. The minimum absolute atomic E-state index is 0.153. The zero-order valence-electron chi connectivity index (χ0n) is 22.5. The maximum absolute atomic E-state index is 13.2. The Hall–Kier alpha value is -4.71. The molecule has 0 saturated heterocycles. The lowest BCUT2D eigenvalue weighted by atomic mass is 9.79. The van der Waals surface area contributed by atoms with Gasteiger partial charge in [-0.05, 0) is 65.3 Å². The molecule has 6 nitrogen and oxygen atoms in total. The number of fused-ring (bicyclic) bond motifs is 2. The normalized spacial score (nSPS) is 16.9. The number of hydrogen-bond donors (Lipinski definition) is 3. The number of H-pyrrole nitrogens is 1. The highest BCUT2D eigenvalue weighted by Gasteiger charge is 2.32. The molecular weight excluding hydrogens is 498 g/mol. The topological polar surface area (TPSA) is 75.4 Å². The number of ether oxygens (including phenoxy) is 2. The third-order valence-corrected chi connectivity index (χ3v) is 7.77. The van der Waals surface area contributed by atoms with Crippen molar-refractivity contribution in [3.05, 3.63) is 132 Å². The number of hydrogen-bond acceptors (Lipinski definition) is 4. The van der Waals surface area contributed by atoms with Crippen LogP contribution in [0.25, 0.3) is 10.9 Å². The van der Waals surface area contributed by atoms with E-state index in [0.29, 0.717) is 6.42 Å². The second-order valence-electron chi connectivity index (χ2n) is 10.3. The molecule has 0 fully saturated rings. The number of carbonyl (C=O) groups is 1. The number of aromatic amines is 1. The summed E-state index contributed by atoms with van der Waals surface area (Å²) in [6.07, 6.45) is 3.16. The highest BCUT2D eigenvalue weighted by molar-refractivity contribution is 5.84. The molecule has 6 rings (SSSR count). The molecule has 3 atom stereocenters. The lowest BCUT2D eigenvalue weighted by Gasteiger charge is -2.35. The number of benzene rings is 4. The first-order valence-corrected chi connectivity index (χ1v) is 13.7. The average molecular weight is 532 g/mol. The lowest BCUT2D eigenvalue weighted by Crippen LogP contribution is -2.31. The molecule has 2 heterocycles. The van der Waals surface area contributed by atoms with Gasteiger partial charge in [-0.15, -0.1) is 0 Å². The fourth-order valence-corrected chi connectivity index (χ4v) is 5.76. The van der Waals surface area contributed by atoms with Crippen molar-refractivity contribution in [1.82, 2.24) is 10.3 Å². The third-order valence-electron chi connectivity index (χ3n) is 7.77. The fourth-order valence-electron chi connectivity index (χ4n) is 5.76. The van der Waals surface area contributed by atoms with E-state index in [1.807, 2.05) is 60.8 Å². The molecule has 3 N–H and O–H groups in total. The standard InChI is InChI=1S/C34H33N3O3/c1-39-26-16-17-31-28(20-26)25(18-32(36-31)24-12-6-3-7-13-24)19-33(29-21-35-30-15-9-8-14-27(29)30)37-34(38)40-22-23-10-4-2-5-11-23/h2-17,20-21,25,32-33,35-36H,18-19,22H2,1H3,(H,37,38)/t25-,32+,33-/m1/s1. The van der Waals surface area contributed by atoms with Gasteiger partial charge in [0, 0.05) is 22.8 Å². The molecule has 0 bridgehead atoms. The van der Waals surface area contributed by atoms with Crippen LogP contribution in [0.5, 0.6) is 5.75 Å². The summed E-state index contributed by atoms with van der Waals surface area (Å²) in [4.78, 5) is 16.5. The molecule has 1 aliphatic heterocycles. The zero-order valence-corrected chi connectivity index (χ0v) is 22.5. The van der Waals surface area contributed by atoms with E-state index in [-0.39, 0.29) is 24.6 Å². The van der Waals surface area contributed by atoms with Gasteiger partial charge >= 0.3 is 6.09 Å². The van der Waals surface area contributed by atoms with E-state index < -0.39 is 6.09 Å². The molecule has 6 heteroatoms. The molecule has 0 radical (unpaired) electrons.